The van der Waals surface area contributed by atoms with E-state index in [1.54, 1.807) is 21.6 Å². The van der Waals surface area contributed by atoms with Crippen LogP contribution < -0.4 is 0 Å². The minimum absolute atomic E-state index is 0.124. The highest BCUT2D eigenvalue weighted by Crippen LogP contribution is 2.25. The predicted octanol–water partition coefficient (Wildman–Crippen LogP) is 3.04. The molecule has 0 aromatic carbocycles. The lowest BCUT2D eigenvalue weighted by Crippen LogP contribution is -2.38. The van der Waals surface area contributed by atoms with Crippen molar-refractivity contribution in [3.8, 4) is 10.6 Å². The quantitative estimate of drug-likeness (QED) is 0.805. The number of likely N-dealkylation sites (tertiary alicyclic amines) is 1. The van der Waals surface area contributed by atoms with Crippen LogP contribution in [0.4, 0.5) is 0 Å². The Morgan fingerprint density at radius 3 is 2.77 bits per heavy atom. The minimum Gasteiger partial charge on any atom is -0.451 e. The van der Waals surface area contributed by atoms with Gasteiger partial charge in [0.2, 0.25) is 0 Å². The molecule has 22 heavy (non-hydrogen) atoms. The van der Waals surface area contributed by atoms with Crippen molar-refractivity contribution in [2.24, 2.45) is 0 Å². The van der Waals surface area contributed by atoms with E-state index in [0.29, 0.717) is 0 Å². The molecule has 1 amide bonds. The molecule has 116 valence electrons. The largest absolute Gasteiger partial charge is 0.451 e. The molecule has 2 aromatic heterocycles. The number of hydrogen-bond acceptors (Lipinski definition) is 6. The van der Waals surface area contributed by atoms with Crippen LogP contribution in [0.3, 0.4) is 0 Å². The van der Waals surface area contributed by atoms with E-state index in [1.165, 1.54) is 11.3 Å². The Kier molecular flexibility index (Phi) is 4.84. The summed E-state index contributed by atoms with van der Waals surface area (Å²) in [5.41, 5.74) is 1.26. The number of ether oxygens (including phenoxy) is 1. The van der Waals surface area contributed by atoms with Crippen LogP contribution in [0.2, 0.25) is 0 Å². The van der Waals surface area contributed by atoms with Crippen LogP contribution >= 0.6 is 22.7 Å². The van der Waals surface area contributed by atoms with Crippen molar-refractivity contribution in [2.75, 3.05) is 19.7 Å². The van der Waals surface area contributed by atoms with Gasteiger partial charge in [-0.1, -0.05) is 0 Å². The van der Waals surface area contributed by atoms with Crippen LogP contribution in [-0.4, -0.2) is 41.5 Å². The molecule has 7 heteroatoms. The van der Waals surface area contributed by atoms with E-state index in [9.17, 15) is 9.59 Å². The third-order valence-electron chi connectivity index (χ3n) is 3.52. The molecule has 2 aromatic rings. The molecular weight excluding hydrogens is 320 g/mol. The smallest absolute Gasteiger partial charge is 0.358 e. The maximum atomic E-state index is 12.0. The third-order valence-corrected chi connectivity index (χ3v) is 5.09. The van der Waals surface area contributed by atoms with E-state index < -0.39 is 5.97 Å². The Morgan fingerprint density at radius 1 is 1.23 bits per heavy atom. The average Bonchev–Trinajstić information content (AvgIpc) is 3.23. The second-order valence-electron chi connectivity index (χ2n) is 5.07. The minimum atomic E-state index is -0.539. The van der Waals surface area contributed by atoms with Crippen molar-refractivity contribution in [3.05, 3.63) is 27.9 Å². The van der Waals surface area contributed by atoms with Gasteiger partial charge >= 0.3 is 5.97 Å². The molecule has 1 aliphatic heterocycles. The average molecular weight is 336 g/mol. The van der Waals surface area contributed by atoms with Gasteiger partial charge < -0.3 is 9.64 Å². The molecule has 3 rings (SSSR count). The number of nitrogens with zero attached hydrogens (tertiary/aromatic N) is 2. The van der Waals surface area contributed by atoms with Crippen molar-refractivity contribution in [3.63, 3.8) is 0 Å². The predicted molar refractivity (Wildman–Crippen MR) is 86.1 cm³/mol. The van der Waals surface area contributed by atoms with Crippen LogP contribution in [0, 0.1) is 0 Å². The van der Waals surface area contributed by atoms with Crippen LogP contribution in [0.25, 0.3) is 10.6 Å². The normalized spacial score (nSPS) is 14.8. The third kappa shape index (κ3) is 3.53. The summed E-state index contributed by atoms with van der Waals surface area (Å²) >= 11 is 2.98. The molecule has 1 fully saturated rings. The zero-order chi connectivity index (χ0) is 15.4. The first-order valence-electron chi connectivity index (χ1n) is 7.17. The van der Waals surface area contributed by atoms with Gasteiger partial charge in [-0.05, 0) is 30.7 Å². The Labute approximate surface area is 136 Å². The second-order valence-corrected chi connectivity index (χ2v) is 6.71. The second kappa shape index (κ2) is 7.02. The van der Waals surface area contributed by atoms with Crippen LogP contribution in [0.5, 0.6) is 0 Å². The number of amides is 1. The zero-order valence-corrected chi connectivity index (χ0v) is 13.6. The highest BCUT2D eigenvalue weighted by atomic mass is 32.1. The van der Waals surface area contributed by atoms with Gasteiger partial charge in [-0.15, -0.1) is 11.3 Å². The van der Waals surface area contributed by atoms with E-state index in [1.807, 2.05) is 16.8 Å². The molecule has 0 saturated carbocycles. The van der Waals surface area contributed by atoms with Gasteiger partial charge in [-0.2, -0.15) is 11.3 Å². The van der Waals surface area contributed by atoms with Crippen molar-refractivity contribution >= 4 is 34.6 Å². The summed E-state index contributed by atoms with van der Waals surface area (Å²) in [6.45, 7) is 1.31. The molecule has 0 spiro atoms. The highest BCUT2D eigenvalue weighted by molar-refractivity contribution is 7.14. The van der Waals surface area contributed by atoms with Crippen molar-refractivity contribution in [1.82, 2.24) is 9.88 Å². The molecule has 0 radical (unpaired) electrons. The molecule has 0 aliphatic carbocycles. The number of esters is 1. The summed E-state index contributed by atoms with van der Waals surface area (Å²) in [5, 5.41) is 6.40. The molecule has 0 unspecified atom stereocenters. The SMILES string of the molecule is O=C(OCC(=O)N1CCCCC1)c1csc(-c2ccsc2)n1. The maximum Gasteiger partial charge on any atom is 0.358 e. The molecule has 5 nitrogen and oxygen atoms in total. The molecular formula is C15H16N2O3S2. The number of thiophene rings is 1. The van der Waals surface area contributed by atoms with Crippen molar-refractivity contribution in [1.29, 1.82) is 0 Å². The van der Waals surface area contributed by atoms with E-state index in [2.05, 4.69) is 4.98 Å². The fraction of sp³-hybridized carbons (Fsp3) is 0.400. The molecule has 3 heterocycles. The van der Waals surface area contributed by atoms with Gasteiger partial charge in [0.1, 0.15) is 5.01 Å². The first-order chi connectivity index (χ1) is 10.7. The molecule has 0 N–H and O–H groups in total. The van der Waals surface area contributed by atoms with Gasteiger partial charge in [-0.3, -0.25) is 4.79 Å². The number of carbonyl (C=O) groups excluding carboxylic acids is 2. The maximum absolute atomic E-state index is 12.0. The lowest BCUT2D eigenvalue weighted by molar-refractivity contribution is -0.135. The van der Waals surface area contributed by atoms with E-state index in [0.717, 1.165) is 42.9 Å². The van der Waals surface area contributed by atoms with Gasteiger partial charge in [0.15, 0.2) is 12.3 Å². The number of aromatic nitrogens is 1. The summed E-state index contributed by atoms with van der Waals surface area (Å²) in [7, 11) is 0. The lowest BCUT2D eigenvalue weighted by atomic mass is 10.1. The summed E-state index contributed by atoms with van der Waals surface area (Å²) in [6.07, 6.45) is 3.21. The fourth-order valence-corrected chi connectivity index (χ4v) is 3.82. The van der Waals surface area contributed by atoms with E-state index >= 15 is 0 Å². The summed E-state index contributed by atoms with van der Waals surface area (Å²) in [6, 6.07) is 1.96. The van der Waals surface area contributed by atoms with Gasteiger partial charge in [0, 0.05) is 29.4 Å². The number of thiazole rings is 1. The number of piperidine rings is 1. The Morgan fingerprint density at radius 2 is 2.05 bits per heavy atom. The zero-order valence-electron chi connectivity index (χ0n) is 12.0. The Hall–Kier alpha value is -1.73. The van der Waals surface area contributed by atoms with E-state index in [-0.39, 0.29) is 18.2 Å². The molecule has 0 atom stereocenters. The Balaban J connectivity index is 1.54. The Bertz CT molecular complexity index is 646. The van der Waals surface area contributed by atoms with Crippen LogP contribution in [0.15, 0.2) is 22.2 Å². The highest BCUT2D eigenvalue weighted by Gasteiger charge is 2.19. The van der Waals surface area contributed by atoms with Gasteiger partial charge in [-0.25, -0.2) is 9.78 Å². The van der Waals surface area contributed by atoms with Gasteiger partial charge in [0.05, 0.1) is 0 Å². The van der Waals surface area contributed by atoms with Crippen LogP contribution in [0.1, 0.15) is 29.8 Å². The monoisotopic (exact) mass is 336 g/mol. The summed E-state index contributed by atoms with van der Waals surface area (Å²) < 4.78 is 5.09. The van der Waals surface area contributed by atoms with Crippen molar-refractivity contribution < 1.29 is 14.3 Å². The fourth-order valence-electron chi connectivity index (χ4n) is 2.32. The van der Waals surface area contributed by atoms with E-state index in [4.69, 9.17) is 4.74 Å². The standard InChI is InChI=1S/C15H16N2O3S2/c18-13(17-5-2-1-3-6-17)8-20-15(19)12-10-22-14(16-12)11-4-7-21-9-11/h4,7,9-10H,1-3,5-6,8H2. The molecule has 0 bridgehead atoms. The summed E-state index contributed by atoms with van der Waals surface area (Å²) in [5.74, 6) is -0.663. The van der Waals surface area contributed by atoms with Gasteiger partial charge in [0.25, 0.3) is 5.91 Å². The molecule has 1 aliphatic rings. The first-order valence-corrected chi connectivity index (χ1v) is 8.99. The number of rotatable bonds is 4. The number of hydrogen-bond donors (Lipinski definition) is 0. The summed E-state index contributed by atoms with van der Waals surface area (Å²) in [4.78, 5) is 30.0. The molecule has 1 saturated heterocycles. The lowest BCUT2D eigenvalue weighted by Gasteiger charge is -2.26. The topological polar surface area (TPSA) is 59.5 Å². The van der Waals surface area contributed by atoms with Crippen LogP contribution in [-0.2, 0) is 9.53 Å². The van der Waals surface area contributed by atoms with Crippen molar-refractivity contribution in [2.45, 2.75) is 19.3 Å². The first kappa shape index (κ1) is 15.2. The number of carbonyl (C=O) groups is 2.